The van der Waals surface area contributed by atoms with E-state index in [1.165, 1.54) is 35.1 Å². The van der Waals surface area contributed by atoms with E-state index in [2.05, 4.69) is 27.1 Å². The summed E-state index contributed by atoms with van der Waals surface area (Å²) in [4.78, 5) is 36.3. The first-order chi connectivity index (χ1) is 13.1. The average Bonchev–Trinajstić information content (AvgIpc) is 3.10. The van der Waals surface area contributed by atoms with E-state index < -0.39 is 0 Å². The minimum absolute atomic E-state index is 0.0201. The maximum atomic E-state index is 12.8. The molecule has 2 aromatic heterocycles. The second-order valence-corrected chi connectivity index (χ2v) is 8.90. The van der Waals surface area contributed by atoms with Gasteiger partial charge in [0, 0.05) is 19.1 Å². The first kappa shape index (κ1) is 18.4. The van der Waals surface area contributed by atoms with Crippen LogP contribution in [0.4, 0.5) is 5.13 Å². The number of nitrogens with zero attached hydrogens (tertiary/aromatic N) is 4. The van der Waals surface area contributed by atoms with Crippen LogP contribution in [0.3, 0.4) is 0 Å². The predicted octanol–water partition coefficient (Wildman–Crippen LogP) is 2.54. The molecule has 1 N–H and O–H groups in total. The highest BCUT2D eigenvalue weighted by molar-refractivity contribution is 7.22. The molecule has 0 radical (unpaired) electrons. The molecule has 0 unspecified atom stereocenters. The third-order valence-corrected chi connectivity index (χ3v) is 6.68. The number of hydrogen-bond acceptors (Lipinski definition) is 6. The Morgan fingerprint density at radius 1 is 1.26 bits per heavy atom. The molecule has 1 saturated heterocycles. The van der Waals surface area contributed by atoms with E-state index in [-0.39, 0.29) is 24.1 Å². The summed E-state index contributed by atoms with van der Waals surface area (Å²) in [5.74, 6) is 0.526. The zero-order valence-electron chi connectivity index (χ0n) is 15.8. The van der Waals surface area contributed by atoms with Crippen molar-refractivity contribution in [2.45, 2.75) is 64.5 Å². The molecule has 2 fully saturated rings. The van der Waals surface area contributed by atoms with Crippen molar-refractivity contribution < 1.29 is 4.79 Å². The highest BCUT2D eigenvalue weighted by atomic mass is 32.1. The number of aromatic nitrogens is 3. The van der Waals surface area contributed by atoms with Crippen LogP contribution in [0.1, 0.15) is 51.9 Å². The van der Waals surface area contributed by atoms with Gasteiger partial charge in [-0.05, 0) is 31.6 Å². The number of hydrogen-bond donors (Lipinski definition) is 1. The predicted molar refractivity (Wildman–Crippen MR) is 107 cm³/mol. The monoisotopic (exact) mass is 389 g/mol. The SMILES string of the molecule is C[C@H]1CCCN(c2nc3ncn(CC(=O)NC4CCCCC4)c(=O)c3s2)C1. The van der Waals surface area contributed by atoms with Crippen molar-refractivity contribution in [3.63, 3.8) is 0 Å². The fraction of sp³-hybridized carbons (Fsp3) is 0.684. The van der Waals surface area contributed by atoms with Crippen molar-refractivity contribution in [1.29, 1.82) is 0 Å². The summed E-state index contributed by atoms with van der Waals surface area (Å²) in [7, 11) is 0. The minimum atomic E-state index is -0.174. The molecule has 7 nitrogen and oxygen atoms in total. The van der Waals surface area contributed by atoms with Gasteiger partial charge in [-0.2, -0.15) is 4.98 Å². The first-order valence-electron chi connectivity index (χ1n) is 10.0. The molecule has 1 aliphatic heterocycles. The van der Waals surface area contributed by atoms with Crippen molar-refractivity contribution in [1.82, 2.24) is 19.9 Å². The van der Waals surface area contributed by atoms with Gasteiger partial charge in [0.2, 0.25) is 5.91 Å². The van der Waals surface area contributed by atoms with Crippen LogP contribution in [0.2, 0.25) is 0 Å². The van der Waals surface area contributed by atoms with Crippen molar-refractivity contribution in [2.75, 3.05) is 18.0 Å². The summed E-state index contributed by atoms with van der Waals surface area (Å²) in [6.07, 6.45) is 9.48. The van der Waals surface area contributed by atoms with Crippen LogP contribution in [0.25, 0.3) is 10.3 Å². The van der Waals surface area contributed by atoms with E-state index in [9.17, 15) is 9.59 Å². The summed E-state index contributed by atoms with van der Waals surface area (Å²) in [6, 6.07) is 0.245. The molecule has 0 spiro atoms. The van der Waals surface area contributed by atoms with Gasteiger partial charge in [-0.1, -0.05) is 37.5 Å². The Labute approximate surface area is 162 Å². The average molecular weight is 390 g/mol. The van der Waals surface area contributed by atoms with Crippen LogP contribution < -0.4 is 15.8 Å². The Hall–Kier alpha value is -1.96. The minimum Gasteiger partial charge on any atom is -0.352 e. The van der Waals surface area contributed by atoms with E-state index in [4.69, 9.17) is 0 Å². The third kappa shape index (κ3) is 4.15. The van der Waals surface area contributed by atoms with Crippen LogP contribution >= 0.6 is 11.3 Å². The molecule has 27 heavy (non-hydrogen) atoms. The number of carbonyl (C=O) groups excluding carboxylic acids is 1. The van der Waals surface area contributed by atoms with E-state index >= 15 is 0 Å². The van der Waals surface area contributed by atoms with Gasteiger partial charge in [0.15, 0.2) is 10.8 Å². The molecule has 3 heterocycles. The Bertz CT molecular complexity index is 871. The Kier molecular flexibility index (Phi) is 5.43. The topological polar surface area (TPSA) is 80.1 Å². The number of piperidine rings is 1. The lowest BCUT2D eigenvalue weighted by Crippen LogP contribution is -2.39. The Balaban J connectivity index is 1.49. The van der Waals surface area contributed by atoms with Gasteiger partial charge in [0.05, 0.1) is 0 Å². The standard InChI is InChI=1S/C19H27N5O2S/c1-13-6-5-9-23(10-13)19-22-17-16(27-19)18(26)24(12-20-17)11-15(25)21-14-7-3-2-4-8-14/h12-14H,2-11H2,1H3,(H,21,25)/t13-/m0/s1. The lowest BCUT2D eigenvalue weighted by Gasteiger charge is -2.30. The zero-order chi connectivity index (χ0) is 18.8. The summed E-state index contributed by atoms with van der Waals surface area (Å²) in [5.41, 5.74) is 0.315. The highest BCUT2D eigenvalue weighted by Crippen LogP contribution is 2.29. The number of thiazole rings is 1. The van der Waals surface area contributed by atoms with Gasteiger partial charge in [-0.25, -0.2) is 4.98 Å². The van der Waals surface area contributed by atoms with Crippen LogP contribution in [0.5, 0.6) is 0 Å². The molecule has 0 aromatic carbocycles. The lowest BCUT2D eigenvalue weighted by atomic mass is 9.95. The lowest BCUT2D eigenvalue weighted by molar-refractivity contribution is -0.122. The van der Waals surface area contributed by atoms with Gasteiger partial charge >= 0.3 is 0 Å². The Morgan fingerprint density at radius 2 is 2.07 bits per heavy atom. The molecule has 2 aliphatic rings. The molecule has 1 amide bonds. The van der Waals surface area contributed by atoms with Gasteiger partial charge in [-0.3, -0.25) is 14.2 Å². The maximum absolute atomic E-state index is 12.8. The quantitative estimate of drug-likeness (QED) is 0.869. The van der Waals surface area contributed by atoms with Crippen LogP contribution in [0, 0.1) is 5.92 Å². The molecule has 4 rings (SSSR count). The molecule has 8 heteroatoms. The number of carbonyl (C=O) groups is 1. The highest BCUT2D eigenvalue weighted by Gasteiger charge is 2.22. The zero-order valence-corrected chi connectivity index (χ0v) is 16.6. The molecule has 2 aromatic rings. The van der Waals surface area contributed by atoms with Crippen LogP contribution in [-0.4, -0.2) is 39.6 Å². The molecular weight excluding hydrogens is 362 g/mol. The molecule has 0 bridgehead atoms. The normalized spacial score (nSPS) is 21.5. The largest absolute Gasteiger partial charge is 0.352 e. The summed E-state index contributed by atoms with van der Waals surface area (Å²) in [5, 5.41) is 3.92. The molecule has 1 saturated carbocycles. The van der Waals surface area contributed by atoms with Crippen molar-refractivity contribution in [3.8, 4) is 0 Å². The number of rotatable bonds is 4. The van der Waals surface area contributed by atoms with E-state index in [0.717, 1.165) is 50.3 Å². The van der Waals surface area contributed by atoms with Crippen molar-refractivity contribution in [3.05, 3.63) is 16.7 Å². The summed E-state index contributed by atoms with van der Waals surface area (Å²) < 4.78 is 1.94. The van der Waals surface area contributed by atoms with E-state index in [1.807, 2.05) is 0 Å². The first-order valence-corrected chi connectivity index (χ1v) is 10.8. The number of fused-ring (bicyclic) bond motifs is 1. The second-order valence-electron chi connectivity index (χ2n) is 7.92. The molecule has 1 aliphatic carbocycles. The fourth-order valence-electron chi connectivity index (χ4n) is 4.12. The molecular formula is C19H27N5O2S. The van der Waals surface area contributed by atoms with Gasteiger partial charge < -0.3 is 10.2 Å². The van der Waals surface area contributed by atoms with Crippen LogP contribution in [0.15, 0.2) is 11.1 Å². The van der Waals surface area contributed by atoms with Gasteiger partial charge in [0.1, 0.15) is 17.6 Å². The number of anilines is 1. The number of amides is 1. The van der Waals surface area contributed by atoms with Gasteiger partial charge in [-0.15, -0.1) is 0 Å². The fourth-order valence-corrected chi connectivity index (χ4v) is 5.12. The summed E-state index contributed by atoms with van der Waals surface area (Å²) in [6.45, 7) is 4.21. The van der Waals surface area contributed by atoms with E-state index in [1.54, 1.807) is 0 Å². The molecule has 146 valence electrons. The van der Waals surface area contributed by atoms with E-state index in [0.29, 0.717) is 16.3 Å². The van der Waals surface area contributed by atoms with Gasteiger partial charge in [0.25, 0.3) is 5.56 Å². The maximum Gasteiger partial charge on any atom is 0.273 e. The Morgan fingerprint density at radius 3 is 2.85 bits per heavy atom. The smallest absolute Gasteiger partial charge is 0.273 e. The second kappa shape index (κ2) is 7.96. The number of nitrogens with one attached hydrogen (secondary N) is 1. The van der Waals surface area contributed by atoms with Crippen LogP contribution in [-0.2, 0) is 11.3 Å². The van der Waals surface area contributed by atoms with Crippen molar-refractivity contribution in [2.24, 2.45) is 5.92 Å². The molecule has 1 atom stereocenters. The summed E-state index contributed by atoms with van der Waals surface area (Å²) >= 11 is 1.40. The van der Waals surface area contributed by atoms with Crippen molar-refractivity contribution >= 4 is 32.7 Å². The third-order valence-electron chi connectivity index (χ3n) is 5.58.